The second-order valence-corrected chi connectivity index (χ2v) is 9.38. The summed E-state index contributed by atoms with van der Waals surface area (Å²) in [5, 5.41) is 11.2. The summed E-state index contributed by atoms with van der Waals surface area (Å²) in [6.45, 7) is 2.16. The monoisotopic (exact) mass is 561 g/mol. The van der Waals surface area contributed by atoms with Crippen molar-refractivity contribution in [1.29, 1.82) is 0 Å². The van der Waals surface area contributed by atoms with Crippen molar-refractivity contribution in [3.63, 3.8) is 0 Å². The van der Waals surface area contributed by atoms with Crippen molar-refractivity contribution in [1.82, 2.24) is 14.8 Å². The van der Waals surface area contributed by atoms with E-state index in [2.05, 4.69) is 20.7 Å². The van der Waals surface area contributed by atoms with E-state index in [-0.39, 0.29) is 5.91 Å². The second kappa shape index (κ2) is 11.6. The number of hydrogen-bond donors (Lipinski definition) is 2. The number of carbonyl (C=O) groups is 1. The molecule has 1 unspecified atom stereocenters. The molecule has 0 fully saturated rings. The van der Waals surface area contributed by atoms with Crippen LogP contribution in [0.25, 0.3) is 0 Å². The van der Waals surface area contributed by atoms with Crippen LogP contribution in [-0.4, -0.2) is 42.0 Å². The number of amides is 1. The van der Waals surface area contributed by atoms with E-state index in [0.29, 0.717) is 57.5 Å². The molecule has 40 heavy (non-hydrogen) atoms. The first-order valence-electron chi connectivity index (χ1n) is 12.4. The Bertz CT molecular complexity index is 1570. The van der Waals surface area contributed by atoms with Gasteiger partial charge in [0.15, 0.2) is 11.5 Å². The molecule has 206 valence electrons. The number of aromatic nitrogens is 3. The Morgan fingerprint density at radius 3 is 2.45 bits per heavy atom. The molecule has 1 aliphatic heterocycles. The number of anilines is 2. The smallest absolute Gasteiger partial charge is 0.255 e. The molecule has 0 aliphatic carbocycles. The summed E-state index contributed by atoms with van der Waals surface area (Å²) in [6.07, 6.45) is 1.44. The van der Waals surface area contributed by atoms with Crippen LogP contribution in [0.2, 0.25) is 5.02 Å². The number of nitrogens with one attached hydrogen (secondary N) is 2. The van der Waals surface area contributed by atoms with Crippen LogP contribution in [0.15, 0.2) is 78.3 Å². The van der Waals surface area contributed by atoms with E-state index >= 15 is 0 Å². The molecule has 2 heterocycles. The van der Waals surface area contributed by atoms with Gasteiger partial charge in [-0.15, -0.1) is 0 Å². The van der Waals surface area contributed by atoms with E-state index in [9.17, 15) is 4.79 Å². The number of allylic oxidation sites excluding steroid dienone is 1. The molecule has 0 saturated heterocycles. The molecule has 0 radical (unpaired) electrons. The number of benzene rings is 3. The Labute approximate surface area is 236 Å². The maximum Gasteiger partial charge on any atom is 0.255 e. The Morgan fingerprint density at radius 1 is 0.975 bits per heavy atom. The van der Waals surface area contributed by atoms with Crippen molar-refractivity contribution in [3.05, 3.63) is 94.4 Å². The quantitative estimate of drug-likeness (QED) is 0.277. The molecule has 2 N–H and O–H groups in total. The Morgan fingerprint density at radius 2 is 1.73 bits per heavy atom. The highest BCUT2D eigenvalue weighted by atomic mass is 35.5. The number of hydrogen-bond acceptors (Lipinski definition) is 8. The molecule has 0 saturated carbocycles. The molecule has 0 bridgehead atoms. The zero-order valence-corrected chi connectivity index (χ0v) is 23.2. The van der Waals surface area contributed by atoms with E-state index in [1.165, 1.54) is 13.4 Å². The van der Waals surface area contributed by atoms with E-state index < -0.39 is 6.04 Å². The lowest BCUT2D eigenvalue weighted by atomic mass is 9.94. The molecule has 1 atom stereocenters. The van der Waals surface area contributed by atoms with Crippen LogP contribution in [0.1, 0.15) is 24.1 Å². The summed E-state index contributed by atoms with van der Waals surface area (Å²) in [6, 6.07) is 17.6. The van der Waals surface area contributed by atoms with E-state index in [0.717, 1.165) is 11.1 Å². The Hall–Kier alpha value is -4.70. The summed E-state index contributed by atoms with van der Waals surface area (Å²) in [7, 11) is 4.67. The molecule has 4 aromatic rings. The molecule has 1 aliphatic rings. The van der Waals surface area contributed by atoms with Gasteiger partial charge in [-0.3, -0.25) is 4.79 Å². The average molecular weight is 562 g/mol. The fraction of sp³-hybridized carbons (Fsp3) is 0.207. The zero-order chi connectivity index (χ0) is 28.2. The van der Waals surface area contributed by atoms with E-state index in [4.69, 9.17) is 30.5 Å². The minimum absolute atomic E-state index is 0.336. The van der Waals surface area contributed by atoms with Crippen molar-refractivity contribution >= 4 is 29.1 Å². The van der Waals surface area contributed by atoms with Crippen molar-refractivity contribution in [2.75, 3.05) is 32.0 Å². The van der Waals surface area contributed by atoms with Gasteiger partial charge in [-0.2, -0.15) is 10.1 Å². The highest BCUT2D eigenvalue weighted by Gasteiger charge is 2.34. The minimum atomic E-state index is -0.602. The molecule has 0 spiro atoms. The van der Waals surface area contributed by atoms with Crippen LogP contribution in [0, 0.1) is 0 Å². The first kappa shape index (κ1) is 26.9. The van der Waals surface area contributed by atoms with Gasteiger partial charge >= 0.3 is 0 Å². The largest absolute Gasteiger partial charge is 0.497 e. The summed E-state index contributed by atoms with van der Waals surface area (Å²) >= 11 is 5.99. The normalized spacial score (nSPS) is 14.2. The van der Waals surface area contributed by atoms with Gasteiger partial charge in [0.1, 0.15) is 30.5 Å². The van der Waals surface area contributed by atoms with Crippen molar-refractivity contribution in [3.8, 4) is 23.0 Å². The first-order valence-corrected chi connectivity index (χ1v) is 12.8. The molecule has 10 nitrogen and oxygen atoms in total. The molecule has 5 rings (SSSR count). The van der Waals surface area contributed by atoms with Gasteiger partial charge < -0.3 is 29.6 Å². The third-order valence-electron chi connectivity index (χ3n) is 6.50. The van der Waals surface area contributed by atoms with E-state index in [1.54, 1.807) is 37.1 Å². The number of fused-ring (bicyclic) bond motifs is 1. The molecule has 11 heteroatoms. The van der Waals surface area contributed by atoms with Gasteiger partial charge in [-0.05, 0) is 54.4 Å². The molecular formula is C29H28ClN5O5. The Kier molecular flexibility index (Phi) is 7.79. The van der Waals surface area contributed by atoms with E-state index in [1.807, 2.05) is 49.4 Å². The van der Waals surface area contributed by atoms with Gasteiger partial charge in [-0.25, -0.2) is 4.68 Å². The maximum absolute atomic E-state index is 13.8. The van der Waals surface area contributed by atoms with Gasteiger partial charge in [0.25, 0.3) is 5.91 Å². The Balaban J connectivity index is 1.48. The predicted octanol–water partition coefficient (Wildman–Crippen LogP) is 5.46. The number of carbonyl (C=O) groups excluding carboxylic acids is 1. The van der Waals surface area contributed by atoms with Crippen LogP contribution in [0.3, 0.4) is 0 Å². The number of rotatable bonds is 9. The van der Waals surface area contributed by atoms with Crippen LogP contribution >= 0.6 is 11.6 Å². The number of halogens is 1. The number of methoxy groups -OCH3 is 3. The highest BCUT2D eigenvalue weighted by molar-refractivity contribution is 6.30. The SMILES string of the molecule is COc1ccc(OC)c(NC(=O)C2=C(C)Nc3ncnn3C2c2ccc(OCc3ccc(Cl)cc3)c(OC)c2)c1. The number of nitrogens with zero attached hydrogens (tertiary/aromatic N) is 3. The molecule has 1 amide bonds. The lowest BCUT2D eigenvalue weighted by molar-refractivity contribution is -0.113. The third-order valence-corrected chi connectivity index (χ3v) is 6.76. The molecule has 1 aromatic heterocycles. The fourth-order valence-corrected chi connectivity index (χ4v) is 4.64. The average Bonchev–Trinajstić information content (AvgIpc) is 3.44. The van der Waals surface area contributed by atoms with Crippen molar-refractivity contribution < 1.29 is 23.7 Å². The minimum Gasteiger partial charge on any atom is -0.497 e. The van der Waals surface area contributed by atoms with Crippen LogP contribution < -0.4 is 29.6 Å². The standard InChI is InChI=1S/C29H28ClN5O5/c1-17-26(28(36)34-22-14-21(37-2)10-12-23(22)38-3)27(35-29(33-17)31-16-32-35)19-7-11-24(25(13-19)39-4)40-15-18-5-8-20(30)9-6-18/h5-14,16,27H,15H2,1-4H3,(H,34,36)(H,31,32,33). The predicted molar refractivity (Wildman–Crippen MR) is 151 cm³/mol. The lowest BCUT2D eigenvalue weighted by Gasteiger charge is -2.29. The van der Waals surface area contributed by atoms with Crippen molar-refractivity contribution in [2.24, 2.45) is 0 Å². The van der Waals surface area contributed by atoms with Crippen LogP contribution in [0.4, 0.5) is 11.6 Å². The first-order chi connectivity index (χ1) is 19.4. The van der Waals surface area contributed by atoms with Crippen molar-refractivity contribution in [2.45, 2.75) is 19.6 Å². The third kappa shape index (κ3) is 5.39. The fourth-order valence-electron chi connectivity index (χ4n) is 4.51. The summed E-state index contributed by atoms with van der Waals surface area (Å²) in [5.74, 6) is 2.32. The summed E-state index contributed by atoms with van der Waals surface area (Å²) in [5.41, 5.74) is 3.27. The zero-order valence-electron chi connectivity index (χ0n) is 22.4. The van der Waals surface area contributed by atoms with Gasteiger partial charge in [0, 0.05) is 16.8 Å². The van der Waals surface area contributed by atoms with Gasteiger partial charge in [0.2, 0.25) is 5.95 Å². The lowest BCUT2D eigenvalue weighted by Crippen LogP contribution is -2.31. The molecular weight excluding hydrogens is 534 g/mol. The topological polar surface area (TPSA) is 109 Å². The summed E-state index contributed by atoms with van der Waals surface area (Å²) in [4.78, 5) is 18.1. The van der Waals surface area contributed by atoms with Crippen LogP contribution in [-0.2, 0) is 11.4 Å². The second-order valence-electron chi connectivity index (χ2n) is 8.94. The van der Waals surface area contributed by atoms with Gasteiger partial charge in [-0.1, -0.05) is 29.8 Å². The highest BCUT2D eigenvalue weighted by Crippen LogP contribution is 2.39. The van der Waals surface area contributed by atoms with Crippen LogP contribution in [0.5, 0.6) is 23.0 Å². The van der Waals surface area contributed by atoms with Gasteiger partial charge in [0.05, 0.1) is 32.6 Å². The molecule has 3 aromatic carbocycles. The maximum atomic E-state index is 13.8. The number of ether oxygens (including phenoxy) is 4. The summed E-state index contributed by atoms with van der Waals surface area (Å²) < 4.78 is 24.2.